The van der Waals surface area contributed by atoms with Gasteiger partial charge in [0.25, 0.3) is 0 Å². The predicted molar refractivity (Wildman–Crippen MR) is 102 cm³/mol. The second kappa shape index (κ2) is 9.05. The van der Waals surface area contributed by atoms with Crippen LogP contribution in [-0.2, 0) is 16.0 Å². The Morgan fingerprint density at radius 2 is 1.93 bits per heavy atom. The van der Waals surface area contributed by atoms with Gasteiger partial charge in [0.2, 0.25) is 5.91 Å². The standard InChI is InChI=1S/C20H20FN5O3/c1-13-23-24-25-26(13)18(11-14-6-5-9-16(21)10-14)19(27)22-12-17(20(28)29)15-7-3-2-4-8-15/h2-10,17-18H,11-12H2,1H3,(H,22,27)(H,28,29). The molecule has 2 unspecified atom stereocenters. The quantitative estimate of drug-likeness (QED) is 0.601. The summed E-state index contributed by atoms with van der Waals surface area (Å²) in [5.41, 5.74) is 1.18. The molecule has 1 amide bonds. The number of aryl methyl sites for hydroxylation is 1. The number of carbonyl (C=O) groups excluding carboxylic acids is 1. The van der Waals surface area contributed by atoms with Crippen molar-refractivity contribution in [2.75, 3.05) is 6.54 Å². The van der Waals surface area contributed by atoms with Gasteiger partial charge in [-0.1, -0.05) is 42.5 Å². The van der Waals surface area contributed by atoms with Crippen LogP contribution < -0.4 is 5.32 Å². The van der Waals surface area contributed by atoms with Crippen LogP contribution in [0.25, 0.3) is 0 Å². The molecule has 0 aliphatic carbocycles. The first-order valence-corrected chi connectivity index (χ1v) is 9.00. The van der Waals surface area contributed by atoms with Crippen molar-refractivity contribution < 1.29 is 19.1 Å². The fourth-order valence-electron chi connectivity index (χ4n) is 3.06. The van der Waals surface area contributed by atoms with Crippen molar-refractivity contribution in [3.63, 3.8) is 0 Å². The highest BCUT2D eigenvalue weighted by Gasteiger charge is 2.27. The number of aliphatic carboxylic acids is 1. The summed E-state index contributed by atoms with van der Waals surface area (Å²) in [6.45, 7) is 1.55. The number of halogens is 1. The summed E-state index contributed by atoms with van der Waals surface area (Å²) in [6.07, 6.45) is 0.151. The van der Waals surface area contributed by atoms with Crippen molar-refractivity contribution in [3.05, 3.63) is 77.4 Å². The van der Waals surface area contributed by atoms with Gasteiger partial charge in [0.05, 0.1) is 5.92 Å². The zero-order valence-corrected chi connectivity index (χ0v) is 15.7. The van der Waals surface area contributed by atoms with Gasteiger partial charge in [-0.15, -0.1) is 5.10 Å². The van der Waals surface area contributed by atoms with Gasteiger partial charge in [0.1, 0.15) is 17.7 Å². The molecule has 0 saturated carbocycles. The number of aromatic nitrogens is 4. The van der Waals surface area contributed by atoms with Crippen molar-refractivity contribution in [2.24, 2.45) is 0 Å². The molecule has 2 aromatic carbocycles. The maximum Gasteiger partial charge on any atom is 0.312 e. The Bertz CT molecular complexity index is 993. The van der Waals surface area contributed by atoms with Gasteiger partial charge in [-0.3, -0.25) is 9.59 Å². The molecule has 1 aromatic heterocycles. The number of nitrogens with zero attached hydrogens (tertiary/aromatic N) is 4. The number of hydrogen-bond donors (Lipinski definition) is 2. The molecule has 2 atom stereocenters. The number of hydrogen-bond acceptors (Lipinski definition) is 5. The highest BCUT2D eigenvalue weighted by Crippen LogP contribution is 2.18. The topological polar surface area (TPSA) is 110 Å². The van der Waals surface area contributed by atoms with Gasteiger partial charge in [-0.25, -0.2) is 9.07 Å². The summed E-state index contributed by atoms with van der Waals surface area (Å²) in [4.78, 5) is 24.6. The van der Waals surface area contributed by atoms with Crippen molar-refractivity contribution >= 4 is 11.9 Å². The molecule has 9 heteroatoms. The van der Waals surface area contributed by atoms with Crippen LogP contribution in [0.1, 0.15) is 28.9 Å². The van der Waals surface area contributed by atoms with Crippen LogP contribution in [0.2, 0.25) is 0 Å². The molecule has 0 aliphatic heterocycles. The average Bonchev–Trinajstić information content (AvgIpc) is 3.12. The maximum atomic E-state index is 13.6. The number of carboxylic acid groups (broad SMARTS) is 1. The number of benzene rings is 2. The lowest BCUT2D eigenvalue weighted by molar-refractivity contribution is -0.138. The summed E-state index contributed by atoms with van der Waals surface area (Å²) in [6, 6.07) is 13.7. The zero-order chi connectivity index (χ0) is 20.8. The fourth-order valence-corrected chi connectivity index (χ4v) is 3.06. The van der Waals surface area contributed by atoms with E-state index in [1.54, 1.807) is 49.4 Å². The van der Waals surface area contributed by atoms with Gasteiger partial charge in [-0.2, -0.15) is 0 Å². The largest absolute Gasteiger partial charge is 0.481 e. The van der Waals surface area contributed by atoms with E-state index in [1.807, 2.05) is 0 Å². The third kappa shape index (κ3) is 5.01. The molecular weight excluding hydrogens is 377 g/mol. The highest BCUT2D eigenvalue weighted by atomic mass is 19.1. The van der Waals surface area contributed by atoms with E-state index >= 15 is 0 Å². The van der Waals surface area contributed by atoms with Crippen LogP contribution >= 0.6 is 0 Å². The lowest BCUT2D eigenvalue weighted by atomic mass is 9.99. The molecular formula is C20H20FN5O3. The van der Waals surface area contributed by atoms with E-state index in [-0.39, 0.29) is 13.0 Å². The van der Waals surface area contributed by atoms with Gasteiger partial charge in [0.15, 0.2) is 0 Å². The highest BCUT2D eigenvalue weighted by molar-refractivity contribution is 5.82. The van der Waals surface area contributed by atoms with Gasteiger partial charge < -0.3 is 10.4 Å². The lowest BCUT2D eigenvalue weighted by Crippen LogP contribution is -2.38. The van der Waals surface area contributed by atoms with E-state index in [2.05, 4.69) is 20.8 Å². The Morgan fingerprint density at radius 3 is 2.55 bits per heavy atom. The van der Waals surface area contributed by atoms with E-state index in [0.717, 1.165) is 0 Å². The number of tetrazole rings is 1. The molecule has 2 N–H and O–H groups in total. The summed E-state index contributed by atoms with van der Waals surface area (Å²) in [7, 11) is 0. The summed E-state index contributed by atoms with van der Waals surface area (Å²) >= 11 is 0. The first-order chi connectivity index (χ1) is 14.0. The second-order valence-corrected chi connectivity index (χ2v) is 6.57. The van der Waals surface area contributed by atoms with Crippen LogP contribution in [-0.4, -0.2) is 43.7 Å². The minimum atomic E-state index is -1.04. The molecule has 0 aliphatic rings. The smallest absolute Gasteiger partial charge is 0.312 e. The van der Waals surface area contributed by atoms with Crippen molar-refractivity contribution in [1.82, 2.24) is 25.5 Å². The molecule has 3 rings (SSSR count). The van der Waals surface area contributed by atoms with Crippen LogP contribution in [0.5, 0.6) is 0 Å². The first-order valence-electron chi connectivity index (χ1n) is 9.00. The molecule has 8 nitrogen and oxygen atoms in total. The average molecular weight is 397 g/mol. The number of rotatable bonds is 8. The lowest BCUT2D eigenvalue weighted by Gasteiger charge is -2.20. The summed E-state index contributed by atoms with van der Waals surface area (Å²) in [5.74, 6) is -2.39. The fraction of sp³-hybridized carbons (Fsp3) is 0.250. The first kappa shape index (κ1) is 20.1. The summed E-state index contributed by atoms with van der Waals surface area (Å²) in [5, 5.41) is 23.5. The second-order valence-electron chi connectivity index (χ2n) is 6.57. The van der Waals surface area contributed by atoms with Gasteiger partial charge in [-0.05, 0) is 40.6 Å². The van der Waals surface area contributed by atoms with E-state index in [4.69, 9.17) is 0 Å². The van der Waals surface area contributed by atoms with Crippen molar-refractivity contribution in [2.45, 2.75) is 25.3 Å². The van der Waals surface area contributed by atoms with Crippen molar-refractivity contribution in [1.29, 1.82) is 0 Å². The normalized spacial score (nSPS) is 12.9. The molecule has 1 heterocycles. The predicted octanol–water partition coefficient (Wildman–Crippen LogP) is 1.89. The maximum absolute atomic E-state index is 13.6. The Morgan fingerprint density at radius 1 is 1.17 bits per heavy atom. The molecule has 0 spiro atoms. The van der Waals surface area contributed by atoms with Crippen LogP contribution in [0, 0.1) is 12.7 Å². The van der Waals surface area contributed by atoms with Gasteiger partial charge >= 0.3 is 5.97 Å². The number of carbonyl (C=O) groups is 2. The Hall–Kier alpha value is -3.62. The SMILES string of the molecule is Cc1nnnn1C(Cc1cccc(F)c1)C(=O)NCC(C(=O)O)c1ccccc1. The Labute approximate surface area is 166 Å². The third-order valence-electron chi connectivity index (χ3n) is 4.55. The zero-order valence-electron chi connectivity index (χ0n) is 15.7. The van der Waals surface area contributed by atoms with E-state index in [9.17, 15) is 19.1 Å². The molecule has 0 fully saturated rings. The monoisotopic (exact) mass is 397 g/mol. The van der Waals surface area contributed by atoms with Gasteiger partial charge in [0, 0.05) is 13.0 Å². The minimum Gasteiger partial charge on any atom is -0.481 e. The molecule has 29 heavy (non-hydrogen) atoms. The number of amides is 1. The van der Waals surface area contributed by atoms with Crippen LogP contribution in [0.3, 0.4) is 0 Å². The van der Waals surface area contributed by atoms with E-state index < -0.39 is 29.7 Å². The molecule has 0 radical (unpaired) electrons. The van der Waals surface area contributed by atoms with Crippen LogP contribution in [0.4, 0.5) is 4.39 Å². The van der Waals surface area contributed by atoms with E-state index in [1.165, 1.54) is 16.8 Å². The number of carboxylic acids is 1. The Kier molecular flexibility index (Phi) is 6.28. The molecule has 3 aromatic rings. The molecule has 0 saturated heterocycles. The minimum absolute atomic E-state index is 0.0982. The third-order valence-corrected chi connectivity index (χ3v) is 4.55. The van der Waals surface area contributed by atoms with Crippen molar-refractivity contribution in [3.8, 4) is 0 Å². The Balaban J connectivity index is 1.79. The van der Waals surface area contributed by atoms with E-state index in [0.29, 0.717) is 17.0 Å². The van der Waals surface area contributed by atoms with Crippen LogP contribution in [0.15, 0.2) is 54.6 Å². The molecule has 150 valence electrons. The number of nitrogens with one attached hydrogen (secondary N) is 1. The summed E-state index contributed by atoms with van der Waals surface area (Å²) < 4.78 is 14.9. The molecule has 0 bridgehead atoms.